The van der Waals surface area contributed by atoms with Crippen LogP contribution < -0.4 is 5.56 Å². The summed E-state index contributed by atoms with van der Waals surface area (Å²) < 4.78 is 41.6. The molecule has 3 heterocycles. The molecule has 126 valence electrons. The van der Waals surface area contributed by atoms with E-state index in [0.29, 0.717) is 22.2 Å². The first-order chi connectivity index (χ1) is 11.9. The van der Waals surface area contributed by atoms with E-state index >= 15 is 0 Å². The Labute approximate surface area is 139 Å². The van der Waals surface area contributed by atoms with Crippen LogP contribution >= 0.6 is 0 Å². The standard InChI is InChI=1S/C17H11F3N4O/c1-23-15-9-12(10-6-7-21-14(8-10)17(18,19)20)22-24(15)13-5-3-2-4-11(13)16(23)25/h2-9H,1H3. The molecular formula is C17H11F3N4O. The number of benzene rings is 1. The van der Waals surface area contributed by atoms with Crippen molar-refractivity contribution in [2.24, 2.45) is 7.05 Å². The number of alkyl halides is 3. The minimum absolute atomic E-state index is 0.194. The second-order valence-corrected chi connectivity index (χ2v) is 5.61. The Morgan fingerprint density at radius 2 is 1.84 bits per heavy atom. The third kappa shape index (κ3) is 2.37. The fourth-order valence-electron chi connectivity index (χ4n) is 2.80. The van der Waals surface area contributed by atoms with Gasteiger partial charge < -0.3 is 0 Å². The molecule has 25 heavy (non-hydrogen) atoms. The zero-order chi connectivity index (χ0) is 17.8. The summed E-state index contributed by atoms with van der Waals surface area (Å²) in [5.41, 5.74) is 0.517. The van der Waals surface area contributed by atoms with Crippen molar-refractivity contribution in [3.05, 3.63) is 64.7 Å². The summed E-state index contributed by atoms with van der Waals surface area (Å²) in [5.74, 6) is 0. The molecule has 0 amide bonds. The van der Waals surface area contributed by atoms with Crippen LogP contribution in [0, 0.1) is 0 Å². The number of pyridine rings is 1. The lowest BCUT2D eigenvalue weighted by molar-refractivity contribution is -0.141. The van der Waals surface area contributed by atoms with Crippen LogP contribution in [-0.4, -0.2) is 19.2 Å². The van der Waals surface area contributed by atoms with Crippen LogP contribution in [-0.2, 0) is 13.2 Å². The fraction of sp³-hybridized carbons (Fsp3) is 0.118. The number of aromatic nitrogens is 4. The van der Waals surface area contributed by atoms with E-state index in [4.69, 9.17) is 0 Å². The molecule has 3 aromatic heterocycles. The van der Waals surface area contributed by atoms with E-state index in [1.165, 1.54) is 10.6 Å². The van der Waals surface area contributed by atoms with Crippen LogP contribution in [0.25, 0.3) is 27.8 Å². The van der Waals surface area contributed by atoms with Crippen LogP contribution in [0.4, 0.5) is 13.2 Å². The first-order valence-corrected chi connectivity index (χ1v) is 7.37. The van der Waals surface area contributed by atoms with Crippen molar-refractivity contribution >= 4 is 16.6 Å². The SMILES string of the molecule is Cn1c(=O)c2ccccc2n2nc(-c3ccnc(C(F)(F)F)c3)cc12. The Bertz CT molecular complexity index is 1170. The van der Waals surface area contributed by atoms with Crippen molar-refractivity contribution in [1.29, 1.82) is 0 Å². The molecule has 0 spiro atoms. The van der Waals surface area contributed by atoms with Gasteiger partial charge in [0.1, 0.15) is 11.3 Å². The van der Waals surface area contributed by atoms with Crippen molar-refractivity contribution in [1.82, 2.24) is 19.2 Å². The highest BCUT2D eigenvalue weighted by Gasteiger charge is 2.32. The van der Waals surface area contributed by atoms with Gasteiger partial charge in [-0.15, -0.1) is 0 Å². The normalized spacial score (nSPS) is 12.2. The summed E-state index contributed by atoms with van der Waals surface area (Å²) in [6.45, 7) is 0. The van der Waals surface area contributed by atoms with E-state index in [0.717, 1.165) is 12.3 Å². The molecule has 0 N–H and O–H groups in total. The molecular weight excluding hydrogens is 333 g/mol. The highest BCUT2D eigenvalue weighted by molar-refractivity contribution is 5.81. The monoisotopic (exact) mass is 344 g/mol. The molecule has 0 aliphatic heterocycles. The van der Waals surface area contributed by atoms with Gasteiger partial charge in [-0.3, -0.25) is 14.3 Å². The second kappa shape index (κ2) is 5.17. The maximum atomic E-state index is 12.9. The Kier molecular flexibility index (Phi) is 3.18. The predicted molar refractivity (Wildman–Crippen MR) is 86.2 cm³/mol. The van der Waals surface area contributed by atoms with Gasteiger partial charge >= 0.3 is 6.18 Å². The number of halogens is 3. The van der Waals surface area contributed by atoms with E-state index in [2.05, 4.69) is 10.1 Å². The van der Waals surface area contributed by atoms with Crippen molar-refractivity contribution in [3.63, 3.8) is 0 Å². The largest absolute Gasteiger partial charge is 0.433 e. The maximum Gasteiger partial charge on any atom is 0.433 e. The average molecular weight is 344 g/mol. The van der Waals surface area contributed by atoms with E-state index in [1.807, 2.05) is 0 Å². The van der Waals surface area contributed by atoms with Crippen LogP contribution in [0.15, 0.2) is 53.5 Å². The summed E-state index contributed by atoms with van der Waals surface area (Å²) in [6, 6.07) is 10.9. The second-order valence-electron chi connectivity index (χ2n) is 5.61. The van der Waals surface area contributed by atoms with E-state index < -0.39 is 11.9 Å². The van der Waals surface area contributed by atoms with Gasteiger partial charge in [0, 0.05) is 24.9 Å². The molecule has 0 fully saturated rings. The summed E-state index contributed by atoms with van der Waals surface area (Å²) in [4.78, 5) is 15.8. The van der Waals surface area contributed by atoms with Gasteiger partial charge in [0.25, 0.3) is 5.56 Å². The number of aryl methyl sites for hydroxylation is 1. The minimum Gasteiger partial charge on any atom is -0.296 e. The zero-order valence-corrected chi connectivity index (χ0v) is 12.9. The molecule has 0 radical (unpaired) electrons. The van der Waals surface area contributed by atoms with Crippen LogP contribution in [0.5, 0.6) is 0 Å². The van der Waals surface area contributed by atoms with Gasteiger partial charge in [0.05, 0.1) is 16.6 Å². The number of rotatable bonds is 1. The quantitative estimate of drug-likeness (QED) is 0.533. The summed E-state index contributed by atoms with van der Waals surface area (Å²) >= 11 is 0. The molecule has 0 atom stereocenters. The lowest BCUT2D eigenvalue weighted by Gasteiger charge is -2.06. The molecule has 8 heteroatoms. The maximum absolute atomic E-state index is 12.9. The Balaban J connectivity index is 2.01. The molecule has 0 saturated carbocycles. The van der Waals surface area contributed by atoms with Crippen LogP contribution in [0.1, 0.15) is 5.69 Å². The Hall–Kier alpha value is -3.16. The van der Waals surface area contributed by atoms with Gasteiger partial charge in [-0.05, 0) is 24.3 Å². The number of fused-ring (bicyclic) bond motifs is 3. The third-order valence-corrected chi connectivity index (χ3v) is 4.05. The molecule has 1 aromatic carbocycles. The van der Waals surface area contributed by atoms with Gasteiger partial charge in [-0.25, -0.2) is 4.52 Å². The minimum atomic E-state index is -4.53. The van der Waals surface area contributed by atoms with Crippen molar-refractivity contribution in [2.45, 2.75) is 6.18 Å². The smallest absolute Gasteiger partial charge is 0.296 e. The fourth-order valence-corrected chi connectivity index (χ4v) is 2.80. The molecule has 0 aliphatic carbocycles. The Morgan fingerprint density at radius 1 is 1.08 bits per heavy atom. The van der Waals surface area contributed by atoms with Gasteiger partial charge in [-0.1, -0.05) is 12.1 Å². The van der Waals surface area contributed by atoms with E-state index in [1.54, 1.807) is 41.9 Å². The number of hydrogen-bond acceptors (Lipinski definition) is 3. The molecule has 0 bridgehead atoms. The first-order valence-electron chi connectivity index (χ1n) is 7.37. The Morgan fingerprint density at radius 3 is 2.60 bits per heavy atom. The van der Waals surface area contributed by atoms with Gasteiger partial charge in [-0.2, -0.15) is 18.3 Å². The highest BCUT2D eigenvalue weighted by Crippen LogP contribution is 2.30. The van der Waals surface area contributed by atoms with Crippen LogP contribution in [0.3, 0.4) is 0 Å². The van der Waals surface area contributed by atoms with Crippen molar-refractivity contribution in [2.75, 3.05) is 0 Å². The first kappa shape index (κ1) is 15.4. The lowest BCUT2D eigenvalue weighted by Crippen LogP contribution is -2.19. The molecule has 4 aromatic rings. The molecule has 4 rings (SSSR count). The van der Waals surface area contributed by atoms with E-state index in [9.17, 15) is 18.0 Å². The average Bonchev–Trinajstić information content (AvgIpc) is 3.05. The summed E-state index contributed by atoms with van der Waals surface area (Å²) in [7, 11) is 1.60. The number of nitrogens with zero attached hydrogens (tertiary/aromatic N) is 4. The summed E-state index contributed by atoms with van der Waals surface area (Å²) in [5, 5.41) is 4.88. The summed E-state index contributed by atoms with van der Waals surface area (Å²) in [6.07, 6.45) is -3.44. The molecule has 0 saturated heterocycles. The topological polar surface area (TPSA) is 52.2 Å². The zero-order valence-electron chi connectivity index (χ0n) is 12.9. The van der Waals surface area contributed by atoms with Crippen molar-refractivity contribution in [3.8, 4) is 11.3 Å². The van der Waals surface area contributed by atoms with Gasteiger partial charge in [0.2, 0.25) is 0 Å². The predicted octanol–water partition coefficient (Wildman–Crippen LogP) is 3.27. The molecule has 5 nitrogen and oxygen atoms in total. The molecule has 0 aliphatic rings. The van der Waals surface area contributed by atoms with Gasteiger partial charge in [0.15, 0.2) is 0 Å². The molecule has 0 unspecified atom stereocenters. The van der Waals surface area contributed by atoms with Crippen molar-refractivity contribution < 1.29 is 13.2 Å². The highest BCUT2D eigenvalue weighted by atomic mass is 19.4. The van der Waals surface area contributed by atoms with E-state index in [-0.39, 0.29) is 11.1 Å². The number of para-hydroxylation sites is 1. The van der Waals surface area contributed by atoms with Crippen LogP contribution in [0.2, 0.25) is 0 Å². The number of hydrogen-bond donors (Lipinski definition) is 0. The lowest BCUT2D eigenvalue weighted by atomic mass is 10.1. The third-order valence-electron chi connectivity index (χ3n) is 4.05.